The fourth-order valence-electron chi connectivity index (χ4n) is 0. The summed E-state index contributed by atoms with van der Waals surface area (Å²) in [6.45, 7) is 4.07. The molecule has 0 aromatic carbocycles. The molecule has 0 aromatic rings. The maximum atomic E-state index is 9.46. The molecular formula is C9H18CeN3O6. The van der Waals surface area contributed by atoms with Gasteiger partial charge >= 0.3 is 41.7 Å². The number of carboxylic acid groups (broad SMARTS) is 3. The fourth-order valence-corrected chi connectivity index (χ4v) is 0. The van der Waals surface area contributed by atoms with E-state index in [1.54, 1.807) is 0 Å². The van der Waals surface area contributed by atoms with Crippen LogP contribution >= 0.6 is 0 Å². The molecular weight excluding hydrogens is 386 g/mol. The topological polar surface area (TPSA) is 198 Å². The predicted octanol–water partition coefficient (Wildman–Crippen LogP) is -5.75. The zero-order valence-electron chi connectivity index (χ0n) is 10.9. The zero-order valence-corrected chi connectivity index (χ0v) is 14.1. The van der Waals surface area contributed by atoms with Crippen molar-refractivity contribution in [2.45, 2.75) is 38.9 Å². The van der Waals surface area contributed by atoms with Crippen molar-refractivity contribution < 1.29 is 71.5 Å². The standard InChI is InChI=1S/3C3H7NO2.Ce/c3*1-2(4)3(5)6;/h3*2H,4H2,1H3,(H,5,6);/q;;;+3/p-3/t3*2-;/m000./s1. The first-order valence-corrected chi connectivity index (χ1v) is 4.82. The van der Waals surface area contributed by atoms with E-state index in [-0.39, 0.29) is 41.7 Å². The summed E-state index contributed by atoms with van der Waals surface area (Å²) in [5.74, 6) is -3.64. The largest absolute Gasteiger partial charge is 3.00 e. The smallest absolute Gasteiger partial charge is 0.548 e. The molecule has 0 aromatic heterocycles. The Bertz CT molecular complexity index is 228. The Balaban J connectivity index is -0.0000000865. The molecule has 19 heavy (non-hydrogen) atoms. The molecule has 9 nitrogen and oxygen atoms in total. The molecule has 0 amide bonds. The SMILES string of the molecule is C[C@H](N)C(=O)[O-].C[C@H](N)C(=O)[O-].C[C@H](N)C(=O)[O-].[Ce+3]. The minimum atomic E-state index is -1.21. The van der Waals surface area contributed by atoms with Gasteiger partial charge in [-0.2, -0.15) is 0 Å². The van der Waals surface area contributed by atoms with E-state index in [0.29, 0.717) is 0 Å². The van der Waals surface area contributed by atoms with Crippen LogP contribution in [0.4, 0.5) is 0 Å². The molecule has 0 aliphatic carbocycles. The monoisotopic (exact) mass is 404 g/mol. The van der Waals surface area contributed by atoms with Crippen LogP contribution in [0.1, 0.15) is 20.8 Å². The van der Waals surface area contributed by atoms with Crippen molar-refractivity contribution in [3.8, 4) is 0 Å². The van der Waals surface area contributed by atoms with Gasteiger partial charge in [-0.15, -0.1) is 0 Å². The van der Waals surface area contributed by atoms with Gasteiger partial charge in [-0.05, 0) is 20.8 Å². The van der Waals surface area contributed by atoms with Crippen LogP contribution in [-0.4, -0.2) is 36.0 Å². The Labute approximate surface area is 144 Å². The van der Waals surface area contributed by atoms with E-state index in [0.717, 1.165) is 0 Å². The summed E-state index contributed by atoms with van der Waals surface area (Å²) in [5, 5.41) is 28.4. The second-order valence-corrected chi connectivity index (χ2v) is 3.32. The summed E-state index contributed by atoms with van der Waals surface area (Å²) in [5.41, 5.74) is 14.3. The summed E-state index contributed by atoms with van der Waals surface area (Å²) in [6, 6.07) is -2.53. The number of hydrogen-bond acceptors (Lipinski definition) is 9. The maximum Gasteiger partial charge on any atom is 3.00 e. The van der Waals surface area contributed by atoms with Gasteiger partial charge in [0.05, 0.1) is 17.9 Å². The average molecular weight is 404 g/mol. The van der Waals surface area contributed by atoms with E-state index in [1.807, 2.05) is 0 Å². The van der Waals surface area contributed by atoms with Crippen molar-refractivity contribution in [3.05, 3.63) is 0 Å². The van der Waals surface area contributed by atoms with Gasteiger partial charge in [-0.25, -0.2) is 0 Å². The first kappa shape index (κ1) is 27.1. The van der Waals surface area contributed by atoms with Crippen molar-refractivity contribution in [1.82, 2.24) is 0 Å². The van der Waals surface area contributed by atoms with Crippen LogP contribution in [0.5, 0.6) is 0 Å². The quantitative estimate of drug-likeness (QED) is 0.410. The van der Waals surface area contributed by atoms with Gasteiger partial charge in [0.1, 0.15) is 0 Å². The third-order valence-corrected chi connectivity index (χ3v) is 1.12. The van der Waals surface area contributed by atoms with Crippen LogP contribution in [0, 0.1) is 41.7 Å². The van der Waals surface area contributed by atoms with E-state index >= 15 is 0 Å². The van der Waals surface area contributed by atoms with Crippen LogP contribution < -0.4 is 32.5 Å². The van der Waals surface area contributed by atoms with Gasteiger partial charge in [0.2, 0.25) is 0 Å². The molecule has 10 heteroatoms. The fraction of sp³-hybridized carbons (Fsp3) is 0.667. The van der Waals surface area contributed by atoms with E-state index in [1.165, 1.54) is 20.8 Å². The summed E-state index contributed by atoms with van der Waals surface area (Å²) in [4.78, 5) is 28.4. The van der Waals surface area contributed by atoms with E-state index < -0.39 is 36.0 Å². The van der Waals surface area contributed by atoms with Gasteiger partial charge in [0.15, 0.2) is 0 Å². The molecule has 0 rings (SSSR count). The Morgan fingerprint density at radius 2 is 0.737 bits per heavy atom. The van der Waals surface area contributed by atoms with Crippen LogP contribution in [0.15, 0.2) is 0 Å². The Kier molecular flexibility index (Phi) is 22.4. The number of carboxylic acids is 3. The molecule has 0 bridgehead atoms. The molecule has 0 saturated carbocycles. The molecule has 0 saturated heterocycles. The van der Waals surface area contributed by atoms with Gasteiger partial charge in [-0.1, -0.05) is 0 Å². The summed E-state index contributed by atoms with van der Waals surface area (Å²) in [6.07, 6.45) is 0. The van der Waals surface area contributed by atoms with Crippen LogP contribution in [0.2, 0.25) is 0 Å². The van der Waals surface area contributed by atoms with E-state index in [4.69, 9.17) is 17.2 Å². The first-order valence-electron chi connectivity index (χ1n) is 4.82. The van der Waals surface area contributed by atoms with Crippen LogP contribution in [0.3, 0.4) is 0 Å². The van der Waals surface area contributed by atoms with E-state index in [9.17, 15) is 29.7 Å². The van der Waals surface area contributed by atoms with Crippen molar-refractivity contribution in [2.75, 3.05) is 0 Å². The summed E-state index contributed by atoms with van der Waals surface area (Å²) in [7, 11) is 0. The van der Waals surface area contributed by atoms with Crippen molar-refractivity contribution in [3.63, 3.8) is 0 Å². The normalized spacial score (nSPS) is 12.9. The number of hydrogen-bond donors (Lipinski definition) is 3. The molecule has 0 spiro atoms. The molecule has 0 aliphatic rings. The average Bonchev–Trinajstić information content (AvgIpc) is 2.18. The second-order valence-electron chi connectivity index (χ2n) is 3.32. The summed E-state index contributed by atoms with van der Waals surface area (Å²) >= 11 is 0. The van der Waals surface area contributed by atoms with Crippen LogP contribution in [-0.2, 0) is 14.4 Å². The number of carbonyl (C=O) groups is 3. The van der Waals surface area contributed by atoms with Crippen molar-refractivity contribution >= 4 is 17.9 Å². The van der Waals surface area contributed by atoms with Crippen molar-refractivity contribution in [1.29, 1.82) is 0 Å². The molecule has 0 heterocycles. The zero-order chi connectivity index (χ0) is 15.5. The van der Waals surface area contributed by atoms with Gasteiger partial charge in [-0.3, -0.25) is 0 Å². The number of rotatable bonds is 3. The Morgan fingerprint density at radius 1 is 0.684 bits per heavy atom. The maximum absolute atomic E-state index is 9.46. The second kappa shape index (κ2) is 15.7. The molecule has 0 aliphatic heterocycles. The molecule has 3 atom stereocenters. The molecule has 109 valence electrons. The van der Waals surface area contributed by atoms with Crippen LogP contribution in [0.25, 0.3) is 0 Å². The number of carbonyl (C=O) groups excluding carboxylic acids is 3. The number of nitrogens with two attached hydrogens (primary N) is 3. The molecule has 6 N–H and O–H groups in total. The minimum absolute atomic E-state index is 0. The molecule has 1 radical (unpaired) electrons. The number of aliphatic carboxylic acids is 3. The van der Waals surface area contributed by atoms with Crippen molar-refractivity contribution in [2.24, 2.45) is 17.2 Å². The predicted molar refractivity (Wildman–Crippen MR) is 56.0 cm³/mol. The third kappa shape index (κ3) is 31.9. The molecule has 0 fully saturated rings. The minimum Gasteiger partial charge on any atom is -0.548 e. The van der Waals surface area contributed by atoms with Gasteiger partial charge in [0, 0.05) is 18.1 Å². The molecule has 0 unspecified atom stereocenters. The Hall–Kier alpha value is -0.333. The third-order valence-electron chi connectivity index (χ3n) is 1.12. The van der Waals surface area contributed by atoms with E-state index in [2.05, 4.69) is 0 Å². The van der Waals surface area contributed by atoms with Gasteiger partial charge in [0.25, 0.3) is 0 Å². The van der Waals surface area contributed by atoms with Gasteiger partial charge < -0.3 is 46.9 Å². The Morgan fingerprint density at radius 3 is 0.737 bits per heavy atom. The summed E-state index contributed by atoms with van der Waals surface area (Å²) < 4.78 is 0. The first-order chi connectivity index (χ1) is 7.93.